The van der Waals surface area contributed by atoms with Gasteiger partial charge in [0.15, 0.2) is 0 Å². The normalized spacial score (nSPS) is 14.0. The van der Waals surface area contributed by atoms with E-state index in [0.29, 0.717) is 24.0 Å². The Labute approximate surface area is 105 Å². The van der Waals surface area contributed by atoms with Crippen molar-refractivity contribution in [3.05, 3.63) is 24.0 Å². The zero-order valence-corrected chi connectivity index (χ0v) is 9.98. The number of pyridine rings is 1. The Morgan fingerprint density at radius 3 is 2.78 bits per heavy atom. The molecule has 0 aromatic carbocycles. The lowest BCUT2D eigenvalue weighted by atomic mass is 10.3. The number of anilines is 1. The van der Waals surface area contributed by atoms with Crippen molar-refractivity contribution in [1.82, 2.24) is 15.6 Å². The quantitative estimate of drug-likeness (QED) is 0.686. The molecule has 0 aliphatic heterocycles. The molecule has 18 heavy (non-hydrogen) atoms. The van der Waals surface area contributed by atoms with Crippen molar-refractivity contribution in [2.45, 2.75) is 25.3 Å². The Kier molecular flexibility index (Phi) is 3.76. The van der Waals surface area contributed by atoms with E-state index in [4.69, 9.17) is 5.73 Å². The van der Waals surface area contributed by atoms with Crippen molar-refractivity contribution < 1.29 is 9.59 Å². The molecule has 0 bridgehead atoms. The summed E-state index contributed by atoms with van der Waals surface area (Å²) in [6.07, 6.45) is 3.84. The second-order valence-electron chi connectivity index (χ2n) is 4.32. The van der Waals surface area contributed by atoms with Gasteiger partial charge in [0.2, 0.25) is 5.91 Å². The minimum Gasteiger partial charge on any atom is -0.397 e. The van der Waals surface area contributed by atoms with Crippen molar-refractivity contribution in [1.29, 1.82) is 0 Å². The first-order valence-electron chi connectivity index (χ1n) is 5.94. The minimum absolute atomic E-state index is 0.0249. The third-order valence-electron chi connectivity index (χ3n) is 2.60. The standard InChI is InChI=1S/C12H16N4O2/c13-8-1-4-10(15-7-8)12(18)14-6-5-11(17)16-9-2-3-9/h1,4,7,9H,2-3,5-6,13H2,(H,14,18)(H,16,17). The van der Waals surface area contributed by atoms with E-state index in [9.17, 15) is 9.59 Å². The van der Waals surface area contributed by atoms with Gasteiger partial charge in [-0.25, -0.2) is 4.98 Å². The zero-order valence-electron chi connectivity index (χ0n) is 9.98. The van der Waals surface area contributed by atoms with E-state index in [1.54, 1.807) is 12.1 Å². The van der Waals surface area contributed by atoms with Crippen LogP contribution in [0.5, 0.6) is 0 Å². The van der Waals surface area contributed by atoms with E-state index >= 15 is 0 Å². The molecule has 1 heterocycles. The van der Waals surface area contributed by atoms with Gasteiger partial charge in [-0.1, -0.05) is 0 Å². The zero-order chi connectivity index (χ0) is 13.0. The molecule has 1 aliphatic rings. The van der Waals surface area contributed by atoms with Crippen molar-refractivity contribution in [2.75, 3.05) is 12.3 Å². The fraction of sp³-hybridized carbons (Fsp3) is 0.417. The largest absolute Gasteiger partial charge is 0.397 e. The predicted octanol–water partition coefficient (Wildman–Crippen LogP) is 0.0623. The Morgan fingerprint density at radius 1 is 1.39 bits per heavy atom. The molecule has 0 saturated heterocycles. The van der Waals surface area contributed by atoms with Gasteiger partial charge in [0.1, 0.15) is 5.69 Å². The van der Waals surface area contributed by atoms with E-state index in [0.717, 1.165) is 12.8 Å². The van der Waals surface area contributed by atoms with E-state index in [1.807, 2.05) is 0 Å². The van der Waals surface area contributed by atoms with Crippen LogP contribution in [-0.2, 0) is 4.79 Å². The average molecular weight is 248 g/mol. The van der Waals surface area contributed by atoms with Gasteiger partial charge in [-0.05, 0) is 25.0 Å². The number of nitrogens with two attached hydrogens (primary N) is 1. The number of carbonyl (C=O) groups is 2. The van der Waals surface area contributed by atoms with Crippen LogP contribution >= 0.6 is 0 Å². The monoisotopic (exact) mass is 248 g/mol. The minimum atomic E-state index is -0.297. The SMILES string of the molecule is Nc1ccc(C(=O)NCCC(=O)NC2CC2)nc1. The first-order chi connectivity index (χ1) is 8.65. The smallest absolute Gasteiger partial charge is 0.269 e. The molecule has 6 nitrogen and oxygen atoms in total. The fourth-order valence-electron chi connectivity index (χ4n) is 1.45. The summed E-state index contributed by atoms with van der Waals surface area (Å²) < 4.78 is 0. The highest BCUT2D eigenvalue weighted by atomic mass is 16.2. The van der Waals surface area contributed by atoms with Crippen LogP contribution in [-0.4, -0.2) is 29.4 Å². The van der Waals surface area contributed by atoms with Crippen LogP contribution in [0.3, 0.4) is 0 Å². The fourth-order valence-corrected chi connectivity index (χ4v) is 1.45. The highest BCUT2D eigenvalue weighted by molar-refractivity contribution is 5.92. The molecule has 1 aromatic rings. The molecular formula is C12H16N4O2. The van der Waals surface area contributed by atoms with Crippen LogP contribution < -0.4 is 16.4 Å². The van der Waals surface area contributed by atoms with Crippen LogP contribution in [0, 0.1) is 0 Å². The van der Waals surface area contributed by atoms with E-state index in [1.165, 1.54) is 6.20 Å². The molecule has 6 heteroatoms. The van der Waals surface area contributed by atoms with Gasteiger partial charge >= 0.3 is 0 Å². The summed E-state index contributed by atoms with van der Waals surface area (Å²) in [7, 11) is 0. The van der Waals surface area contributed by atoms with E-state index < -0.39 is 0 Å². The number of amides is 2. The first kappa shape index (κ1) is 12.3. The summed E-state index contributed by atoms with van der Waals surface area (Å²) in [5.74, 6) is -0.322. The Hall–Kier alpha value is -2.11. The van der Waals surface area contributed by atoms with Crippen LogP contribution in [0.1, 0.15) is 29.8 Å². The molecule has 4 N–H and O–H groups in total. The van der Waals surface area contributed by atoms with Gasteiger partial charge in [0.05, 0.1) is 11.9 Å². The summed E-state index contributed by atoms with van der Waals surface area (Å²) >= 11 is 0. The molecule has 1 aromatic heterocycles. The van der Waals surface area contributed by atoms with Crippen LogP contribution in [0.4, 0.5) is 5.69 Å². The maximum absolute atomic E-state index is 11.6. The van der Waals surface area contributed by atoms with Crippen LogP contribution in [0.25, 0.3) is 0 Å². The number of nitrogen functional groups attached to an aromatic ring is 1. The highest BCUT2D eigenvalue weighted by Gasteiger charge is 2.22. The topological polar surface area (TPSA) is 97.1 Å². The van der Waals surface area contributed by atoms with Crippen LogP contribution in [0.15, 0.2) is 18.3 Å². The molecule has 0 radical (unpaired) electrons. The predicted molar refractivity (Wildman–Crippen MR) is 66.8 cm³/mol. The lowest BCUT2D eigenvalue weighted by Gasteiger charge is -2.05. The second-order valence-corrected chi connectivity index (χ2v) is 4.32. The van der Waals surface area contributed by atoms with E-state index in [2.05, 4.69) is 15.6 Å². The maximum atomic E-state index is 11.6. The van der Waals surface area contributed by atoms with Crippen LogP contribution in [0.2, 0.25) is 0 Å². The third-order valence-corrected chi connectivity index (χ3v) is 2.60. The number of aromatic nitrogens is 1. The second kappa shape index (κ2) is 5.48. The number of carbonyl (C=O) groups excluding carboxylic acids is 2. The summed E-state index contributed by atoms with van der Waals surface area (Å²) in [6, 6.07) is 3.52. The number of hydrogen-bond acceptors (Lipinski definition) is 4. The first-order valence-corrected chi connectivity index (χ1v) is 5.94. The molecule has 2 rings (SSSR count). The molecule has 0 unspecified atom stereocenters. The van der Waals surface area contributed by atoms with Gasteiger partial charge in [-0.2, -0.15) is 0 Å². The van der Waals surface area contributed by atoms with E-state index in [-0.39, 0.29) is 18.2 Å². The molecule has 96 valence electrons. The van der Waals surface area contributed by atoms with Crippen molar-refractivity contribution in [3.63, 3.8) is 0 Å². The molecule has 0 atom stereocenters. The molecule has 2 amide bonds. The lowest BCUT2D eigenvalue weighted by Crippen LogP contribution is -2.32. The molecule has 0 spiro atoms. The molecular weight excluding hydrogens is 232 g/mol. The summed E-state index contributed by atoms with van der Waals surface area (Å²) in [4.78, 5) is 26.9. The number of hydrogen-bond donors (Lipinski definition) is 3. The number of nitrogens with zero attached hydrogens (tertiary/aromatic N) is 1. The highest BCUT2D eigenvalue weighted by Crippen LogP contribution is 2.18. The molecule has 1 fully saturated rings. The lowest BCUT2D eigenvalue weighted by molar-refractivity contribution is -0.121. The van der Waals surface area contributed by atoms with Gasteiger partial charge < -0.3 is 16.4 Å². The maximum Gasteiger partial charge on any atom is 0.269 e. The van der Waals surface area contributed by atoms with Gasteiger partial charge in [0.25, 0.3) is 5.91 Å². The van der Waals surface area contributed by atoms with Gasteiger partial charge in [-0.3, -0.25) is 9.59 Å². The van der Waals surface area contributed by atoms with Crippen molar-refractivity contribution in [2.24, 2.45) is 0 Å². The van der Waals surface area contributed by atoms with Gasteiger partial charge in [-0.15, -0.1) is 0 Å². The average Bonchev–Trinajstić information content (AvgIpc) is 3.13. The summed E-state index contributed by atoms with van der Waals surface area (Å²) in [5.41, 5.74) is 6.28. The Balaban J connectivity index is 1.70. The summed E-state index contributed by atoms with van der Waals surface area (Å²) in [6.45, 7) is 0.309. The Morgan fingerprint density at radius 2 is 2.17 bits per heavy atom. The Bertz CT molecular complexity index is 440. The van der Waals surface area contributed by atoms with Crippen molar-refractivity contribution >= 4 is 17.5 Å². The molecule has 1 aliphatic carbocycles. The number of rotatable bonds is 5. The summed E-state index contributed by atoms with van der Waals surface area (Å²) in [5, 5.41) is 5.49. The number of nitrogens with one attached hydrogen (secondary N) is 2. The third kappa shape index (κ3) is 3.73. The van der Waals surface area contributed by atoms with Gasteiger partial charge in [0, 0.05) is 19.0 Å². The molecule has 1 saturated carbocycles. The van der Waals surface area contributed by atoms with Crippen molar-refractivity contribution in [3.8, 4) is 0 Å².